The summed E-state index contributed by atoms with van der Waals surface area (Å²) in [5, 5.41) is 1.31. The molecule has 140 valence electrons. The van der Waals surface area contributed by atoms with Crippen molar-refractivity contribution in [2.75, 3.05) is 26.2 Å². The van der Waals surface area contributed by atoms with Crippen LogP contribution in [0.1, 0.15) is 16.7 Å². The van der Waals surface area contributed by atoms with Gasteiger partial charge in [-0.25, -0.2) is 8.42 Å². The second-order valence-corrected chi connectivity index (χ2v) is 9.43. The van der Waals surface area contributed by atoms with Gasteiger partial charge in [0.05, 0.1) is 4.90 Å². The lowest BCUT2D eigenvalue weighted by Crippen LogP contribution is -2.48. The number of piperazine rings is 1. The van der Waals surface area contributed by atoms with Crippen LogP contribution >= 0.6 is 23.2 Å². The van der Waals surface area contributed by atoms with Crippen LogP contribution < -0.4 is 0 Å². The Morgan fingerprint density at radius 2 is 1.65 bits per heavy atom. The molecular formula is C19H22Cl2N2O2S. The molecule has 1 heterocycles. The van der Waals surface area contributed by atoms with Crippen molar-refractivity contribution in [1.29, 1.82) is 0 Å². The quantitative estimate of drug-likeness (QED) is 0.757. The summed E-state index contributed by atoms with van der Waals surface area (Å²) < 4.78 is 27.6. The fraction of sp³-hybridized carbons (Fsp3) is 0.368. The number of nitrogens with zero attached hydrogens (tertiary/aromatic N) is 2. The maximum atomic E-state index is 13.0. The Bertz CT molecular complexity index is 908. The van der Waals surface area contributed by atoms with Crippen LogP contribution in [0.5, 0.6) is 0 Å². The Kier molecular flexibility index (Phi) is 5.94. The number of benzene rings is 2. The molecular weight excluding hydrogens is 391 g/mol. The zero-order chi connectivity index (χ0) is 18.9. The highest BCUT2D eigenvalue weighted by Crippen LogP contribution is 2.27. The van der Waals surface area contributed by atoms with Crippen LogP contribution in [0.2, 0.25) is 10.0 Å². The normalized spacial score (nSPS) is 16.8. The van der Waals surface area contributed by atoms with Gasteiger partial charge in [-0.05, 0) is 54.8 Å². The highest BCUT2D eigenvalue weighted by Gasteiger charge is 2.30. The Hall–Kier alpha value is -1.11. The fourth-order valence-electron chi connectivity index (χ4n) is 3.19. The van der Waals surface area contributed by atoms with Crippen molar-refractivity contribution >= 4 is 33.2 Å². The third-order valence-corrected chi connectivity index (χ3v) is 7.38. The lowest BCUT2D eigenvalue weighted by atomic mass is 10.2. The summed E-state index contributed by atoms with van der Waals surface area (Å²) in [6.07, 6.45) is 0. The molecule has 0 radical (unpaired) electrons. The molecule has 3 rings (SSSR count). The van der Waals surface area contributed by atoms with E-state index in [0.717, 1.165) is 22.7 Å². The molecule has 0 N–H and O–H groups in total. The average Bonchev–Trinajstić information content (AvgIpc) is 2.58. The van der Waals surface area contributed by atoms with Gasteiger partial charge in [-0.15, -0.1) is 0 Å². The van der Waals surface area contributed by atoms with Crippen molar-refractivity contribution in [2.45, 2.75) is 25.3 Å². The Balaban J connectivity index is 1.70. The third-order valence-electron chi connectivity index (χ3n) is 4.70. The minimum Gasteiger partial charge on any atom is -0.296 e. The van der Waals surface area contributed by atoms with Crippen molar-refractivity contribution < 1.29 is 8.42 Å². The van der Waals surface area contributed by atoms with Crippen LogP contribution in [0.3, 0.4) is 0 Å². The van der Waals surface area contributed by atoms with Crippen LogP contribution in [-0.2, 0) is 16.6 Å². The van der Waals surface area contributed by atoms with Gasteiger partial charge in [0.15, 0.2) is 0 Å². The van der Waals surface area contributed by atoms with E-state index in [2.05, 4.69) is 4.90 Å². The largest absolute Gasteiger partial charge is 0.296 e. The second kappa shape index (κ2) is 7.87. The van der Waals surface area contributed by atoms with Crippen LogP contribution in [0, 0.1) is 13.8 Å². The van der Waals surface area contributed by atoms with E-state index in [1.165, 1.54) is 0 Å². The number of hydrogen-bond acceptors (Lipinski definition) is 3. The van der Waals surface area contributed by atoms with E-state index in [1.807, 2.05) is 31.2 Å². The first-order chi connectivity index (χ1) is 12.3. The maximum absolute atomic E-state index is 13.0. The predicted octanol–water partition coefficient (Wildman–Crippen LogP) is 4.12. The molecule has 4 nitrogen and oxygen atoms in total. The summed E-state index contributed by atoms with van der Waals surface area (Å²) >= 11 is 12.1. The minimum atomic E-state index is -3.51. The summed E-state index contributed by atoms with van der Waals surface area (Å²) in [5.41, 5.74) is 2.59. The van der Waals surface area contributed by atoms with Crippen LogP contribution in [0.15, 0.2) is 41.3 Å². The molecule has 0 bridgehead atoms. The first-order valence-corrected chi connectivity index (χ1v) is 10.7. The molecule has 1 aliphatic rings. The highest BCUT2D eigenvalue weighted by atomic mass is 35.5. The molecule has 2 aromatic carbocycles. The molecule has 1 aliphatic heterocycles. The van der Waals surface area contributed by atoms with Gasteiger partial charge in [0.2, 0.25) is 10.0 Å². The average molecular weight is 413 g/mol. The first-order valence-electron chi connectivity index (χ1n) is 8.51. The van der Waals surface area contributed by atoms with Gasteiger partial charge in [-0.3, -0.25) is 4.90 Å². The lowest BCUT2D eigenvalue weighted by molar-refractivity contribution is 0.181. The van der Waals surface area contributed by atoms with Crippen molar-refractivity contribution in [3.8, 4) is 0 Å². The van der Waals surface area contributed by atoms with Crippen molar-refractivity contribution in [3.63, 3.8) is 0 Å². The van der Waals surface area contributed by atoms with E-state index in [0.29, 0.717) is 41.7 Å². The Labute approximate surface area is 165 Å². The standard InChI is InChI=1S/C19H22Cl2N2O2S/c1-14-11-19(15(2)10-18(14)21)26(24,25)23-8-6-22(7-9-23)13-16-4-3-5-17(20)12-16/h3-5,10-12H,6-9,13H2,1-2H3. The molecule has 0 spiro atoms. The van der Waals surface area contributed by atoms with E-state index in [9.17, 15) is 8.42 Å². The molecule has 0 aliphatic carbocycles. The molecule has 1 fully saturated rings. The summed E-state index contributed by atoms with van der Waals surface area (Å²) in [5.74, 6) is 0. The van der Waals surface area contributed by atoms with Gasteiger partial charge < -0.3 is 0 Å². The zero-order valence-electron chi connectivity index (χ0n) is 14.9. The molecule has 0 saturated carbocycles. The molecule has 2 aromatic rings. The fourth-order valence-corrected chi connectivity index (χ4v) is 5.34. The Morgan fingerprint density at radius 1 is 0.962 bits per heavy atom. The SMILES string of the molecule is Cc1cc(S(=O)(=O)N2CCN(Cc3cccc(Cl)c3)CC2)c(C)cc1Cl. The molecule has 1 saturated heterocycles. The summed E-state index contributed by atoms with van der Waals surface area (Å²) in [7, 11) is -3.51. The molecule has 0 aromatic heterocycles. The van der Waals surface area contributed by atoms with Gasteiger partial charge in [0, 0.05) is 42.8 Å². The number of sulfonamides is 1. The monoisotopic (exact) mass is 412 g/mol. The van der Waals surface area contributed by atoms with Gasteiger partial charge >= 0.3 is 0 Å². The number of aryl methyl sites for hydroxylation is 2. The molecule has 0 amide bonds. The van der Waals surface area contributed by atoms with Crippen molar-refractivity contribution in [1.82, 2.24) is 9.21 Å². The van der Waals surface area contributed by atoms with Gasteiger partial charge in [0.25, 0.3) is 0 Å². The number of hydrogen-bond donors (Lipinski definition) is 0. The summed E-state index contributed by atoms with van der Waals surface area (Å²) in [6, 6.07) is 11.2. The Morgan fingerprint density at radius 3 is 2.31 bits per heavy atom. The van der Waals surface area contributed by atoms with Crippen molar-refractivity contribution in [3.05, 3.63) is 63.1 Å². The smallest absolute Gasteiger partial charge is 0.243 e. The second-order valence-electron chi connectivity index (χ2n) is 6.68. The number of rotatable bonds is 4. The van der Waals surface area contributed by atoms with Gasteiger partial charge in [-0.1, -0.05) is 35.3 Å². The summed E-state index contributed by atoms with van der Waals surface area (Å²) in [6.45, 7) is 6.72. The van der Waals surface area contributed by atoms with Crippen LogP contribution in [0.25, 0.3) is 0 Å². The first kappa shape index (κ1) is 19.6. The van der Waals surface area contributed by atoms with Crippen molar-refractivity contribution in [2.24, 2.45) is 0 Å². The maximum Gasteiger partial charge on any atom is 0.243 e. The van der Waals surface area contributed by atoms with E-state index in [4.69, 9.17) is 23.2 Å². The third kappa shape index (κ3) is 4.24. The molecule has 0 atom stereocenters. The summed E-state index contributed by atoms with van der Waals surface area (Å²) in [4.78, 5) is 2.60. The topological polar surface area (TPSA) is 40.6 Å². The van der Waals surface area contributed by atoms with Gasteiger partial charge in [0.1, 0.15) is 0 Å². The van der Waals surface area contributed by atoms with E-state index in [1.54, 1.807) is 23.4 Å². The molecule has 7 heteroatoms. The molecule has 26 heavy (non-hydrogen) atoms. The zero-order valence-corrected chi connectivity index (χ0v) is 17.2. The van der Waals surface area contributed by atoms with E-state index >= 15 is 0 Å². The molecule has 0 unspecified atom stereocenters. The van der Waals surface area contributed by atoms with Crippen LogP contribution in [0.4, 0.5) is 0 Å². The highest BCUT2D eigenvalue weighted by molar-refractivity contribution is 7.89. The van der Waals surface area contributed by atoms with Crippen LogP contribution in [-0.4, -0.2) is 43.8 Å². The van der Waals surface area contributed by atoms with E-state index < -0.39 is 10.0 Å². The lowest BCUT2D eigenvalue weighted by Gasteiger charge is -2.34. The number of halogens is 2. The minimum absolute atomic E-state index is 0.350. The van der Waals surface area contributed by atoms with Gasteiger partial charge in [-0.2, -0.15) is 4.31 Å². The van der Waals surface area contributed by atoms with E-state index in [-0.39, 0.29) is 0 Å². The predicted molar refractivity (Wildman–Crippen MR) is 106 cm³/mol.